The topological polar surface area (TPSA) is 113 Å². The summed E-state index contributed by atoms with van der Waals surface area (Å²) in [5.41, 5.74) is 0. The summed E-state index contributed by atoms with van der Waals surface area (Å²) in [5, 5.41) is 10.4. The fourth-order valence-corrected chi connectivity index (χ4v) is 3.85. The molecular formula is C21H40N2O5S. The van der Waals surface area contributed by atoms with Gasteiger partial charge in [0.2, 0.25) is 15.9 Å². The molecule has 0 aliphatic heterocycles. The van der Waals surface area contributed by atoms with Crippen molar-refractivity contribution in [1.82, 2.24) is 10.0 Å². The predicted octanol–water partition coefficient (Wildman–Crippen LogP) is 4.74. The smallest absolute Gasteiger partial charge is 0.404 e. The maximum atomic E-state index is 11.7. The van der Waals surface area contributed by atoms with Crippen LogP contribution in [0.25, 0.3) is 0 Å². The van der Waals surface area contributed by atoms with E-state index in [9.17, 15) is 18.0 Å². The minimum absolute atomic E-state index is 0.170. The summed E-state index contributed by atoms with van der Waals surface area (Å²) in [6.07, 6.45) is 18.5. The lowest BCUT2D eigenvalue weighted by Gasteiger charge is -2.06. The molecule has 0 fully saturated rings. The van der Waals surface area contributed by atoms with Crippen molar-refractivity contribution in [2.75, 3.05) is 12.3 Å². The Morgan fingerprint density at radius 2 is 1.34 bits per heavy atom. The zero-order valence-corrected chi connectivity index (χ0v) is 18.8. The number of sulfonamides is 1. The van der Waals surface area contributed by atoms with Crippen LogP contribution < -0.4 is 10.0 Å². The first-order valence-electron chi connectivity index (χ1n) is 11.0. The molecule has 7 nitrogen and oxygen atoms in total. The molecule has 0 saturated heterocycles. The van der Waals surface area contributed by atoms with Crippen LogP contribution in [-0.2, 0) is 14.8 Å². The predicted molar refractivity (Wildman–Crippen MR) is 117 cm³/mol. The minimum atomic E-state index is -3.78. The van der Waals surface area contributed by atoms with Gasteiger partial charge in [-0.1, -0.05) is 70.4 Å². The van der Waals surface area contributed by atoms with Gasteiger partial charge < -0.3 is 10.4 Å². The molecule has 0 aliphatic rings. The Kier molecular flexibility index (Phi) is 17.5. The number of hydrogen-bond donors (Lipinski definition) is 3. The van der Waals surface area contributed by atoms with Gasteiger partial charge in [-0.15, -0.1) is 0 Å². The number of unbranched alkanes of at least 4 members (excludes halogenated alkanes) is 11. The van der Waals surface area contributed by atoms with Crippen molar-refractivity contribution >= 4 is 22.0 Å². The van der Waals surface area contributed by atoms with Crippen LogP contribution in [0.5, 0.6) is 0 Å². The molecule has 0 saturated carbocycles. The number of carbonyl (C=O) groups is 2. The highest BCUT2D eigenvalue weighted by molar-refractivity contribution is 7.90. The summed E-state index contributed by atoms with van der Waals surface area (Å²) in [6.45, 7) is 1.99. The first kappa shape index (κ1) is 27.4. The Hall–Kier alpha value is -1.57. The van der Waals surface area contributed by atoms with Crippen LogP contribution in [0.3, 0.4) is 0 Å². The molecule has 170 valence electrons. The molecule has 8 heteroatoms. The average Bonchev–Trinajstić information content (AvgIpc) is 2.64. The number of carboxylic acid groups (broad SMARTS) is 1. The molecule has 0 aromatic heterocycles. The highest BCUT2D eigenvalue weighted by Crippen LogP contribution is 2.10. The largest absolute Gasteiger partial charge is 0.465 e. The standard InChI is InChI=1S/C21H40N2O5S/c1-2-3-4-5-6-7-8-9-10-11-12-13-14-15-16-17-20(24)23-29(27,28)19-18-22-21(25)26/h9-10,22H,2-8,11-19H2,1H3,(H,23,24)(H,25,26)/b10-9-. The van der Waals surface area contributed by atoms with Gasteiger partial charge in [0.1, 0.15) is 0 Å². The van der Waals surface area contributed by atoms with Crippen LogP contribution in [0.1, 0.15) is 96.8 Å². The normalized spacial score (nSPS) is 11.6. The van der Waals surface area contributed by atoms with Gasteiger partial charge in [0, 0.05) is 13.0 Å². The second-order valence-corrected chi connectivity index (χ2v) is 9.25. The third-order valence-corrected chi connectivity index (χ3v) is 5.86. The van der Waals surface area contributed by atoms with Crippen LogP contribution in [-0.4, -0.2) is 37.8 Å². The molecular weight excluding hydrogens is 392 g/mol. The van der Waals surface area contributed by atoms with Crippen LogP contribution in [0.4, 0.5) is 4.79 Å². The Morgan fingerprint density at radius 1 is 0.828 bits per heavy atom. The minimum Gasteiger partial charge on any atom is -0.465 e. The summed E-state index contributed by atoms with van der Waals surface area (Å²) in [5.74, 6) is -0.977. The van der Waals surface area contributed by atoms with Gasteiger partial charge in [0.05, 0.1) is 5.75 Å². The lowest BCUT2D eigenvalue weighted by molar-refractivity contribution is -0.119. The quantitative estimate of drug-likeness (QED) is 0.202. The van der Waals surface area contributed by atoms with Crippen LogP contribution >= 0.6 is 0 Å². The first-order valence-corrected chi connectivity index (χ1v) is 12.7. The first-order chi connectivity index (χ1) is 13.9. The second-order valence-electron chi connectivity index (χ2n) is 7.41. The fourth-order valence-electron chi connectivity index (χ4n) is 2.92. The number of hydrogen-bond acceptors (Lipinski definition) is 4. The molecule has 0 atom stereocenters. The third-order valence-electron chi connectivity index (χ3n) is 4.58. The van der Waals surface area contributed by atoms with Crippen molar-refractivity contribution in [1.29, 1.82) is 0 Å². The fraction of sp³-hybridized carbons (Fsp3) is 0.810. The second kappa shape index (κ2) is 18.5. The molecule has 2 amide bonds. The van der Waals surface area contributed by atoms with Gasteiger partial charge >= 0.3 is 6.09 Å². The van der Waals surface area contributed by atoms with E-state index in [1.807, 2.05) is 10.0 Å². The zero-order valence-electron chi connectivity index (χ0n) is 18.0. The molecule has 0 rings (SSSR count). The van der Waals surface area contributed by atoms with Gasteiger partial charge in [-0.05, 0) is 32.1 Å². The van der Waals surface area contributed by atoms with Gasteiger partial charge in [0.15, 0.2) is 0 Å². The van der Waals surface area contributed by atoms with Gasteiger partial charge in [-0.25, -0.2) is 13.2 Å². The summed E-state index contributed by atoms with van der Waals surface area (Å²) in [7, 11) is -3.78. The number of allylic oxidation sites excluding steroid dienone is 2. The van der Waals surface area contributed by atoms with Gasteiger partial charge in [-0.3, -0.25) is 9.52 Å². The van der Waals surface area contributed by atoms with E-state index in [-0.39, 0.29) is 13.0 Å². The van der Waals surface area contributed by atoms with Crippen LogP contribution in [0, 0.1) is 0 Å². The van der Waals surface area contributed by atoms with Crippen molar-refractivity contribution in [3.8, 4) is 0 Å². The Balaban J connectivity index is 3.50. The lowest BCUT2D eigenvalue weighted by Crippen LogP contribution is -2.36. The van der Waals surface area contributed by atoms with Crippen molar-refractivity contribution in [2.24, 2.45) is 0 Å². The van der Waals surface area contributed by atoms with E-state index in [4.69, 9.17) is 5.11 Å². The molecule has 0 radical (unpaired) electrons. The molecule has 0 heterocycles. The average molecular weight is 433 g/mol. The molecule has 0 unspecified atom stereocenters. The lowest BCUT2D eigenvalue weighted by atomic mass is 10.1. The molecule has 29 heavy (non-hydrogen) atoms. The highest BCUT2D eigenvalue weighted by atomic mass is 32.2. The molecule has 3 N–H and O–H groups in total. The summed E-state index contributed by atoms with van der Waals surface area (Å²) in [6, 6.07) is 0. The number of amides is 2. The summed E-state index contributed by atoms with van der Waals surface area (Å²) < 4.78 is 25.2. The van der Waals surface area contributed by atoms with Crippen molar-refractivity contribution < 1.29 is 23.1 Å². The Morgan fingerprint density at radius 3 is 1.90 bits per heavy atom. The van der Waals surface area contributed by atoms with E-state index in [1.165, 1.54) is 44.9 Å². The number of rotatable bonds is 19. The summed E-state index contributed by atoms with van der Waals surface area (Å²) >= 11 is 0. The molecule has 0 aromatic carbocycles. The van der Waals surface area contributed by atoms with E-state index in [0.29, 0.717) is 6.42 Å². The Bertz CT molecular complexity index is 561. The Labute approximate surface area is 176 Å². The van der Waals surface area contributed by atoms with Crippen molar-refractivity contribution in [2.45, 2.75) is 96.8 Å². The van der Waals surface area contributed by atoms with E-state index in [2.05, 4.69) is 19.1 Å². The van der Waals surface area contributed by atoms with Gasteiger partial charge in [0.25, 0.3) is 0 Å². The third kappa shape index (κ3) is 21.0. The molecule has 0 aromatic rings. The van der Waals surface area contributed by atoms with Gasteiger partial charge in [-0.2, -0.15) is 0 Å². The molecule has 0 aliphatic carbocycles. The number of carbonyl (C=O) groups excluding carboxylic acids is 1. The molecule has 0 spiro atoms. The van der Waals surface area contributed by atoms with E-state index in [0.717, 1.165) is 32.1 Å². The monoisotopic (exact) mass is 432 g/mol. The van der Waals surface area contributed by atoms with E-state index < -0.39 is 27.8 Å². The SMILES string of the molecule is CCCCCCCC/C=C\CCCCCCCC(=O)NS(=O)(=O)CCNC(=O)O. The zero-order chi connectivity index (χ0) is 21.8. The maximum Gasteiger partial charge on any atom is 0.404 e. The van der Waals surface area contributed by atoms with Crippen LogP contribution in [0.2, 0.25) is 0 Å². The highest BCUT2D eigenvalue weighted by Gasteiger charge is 2.14. The van der Waals surface area contributed by atoms with E-state index >= 15 is 0 Å². The van der Waals surface area contributed by atoms with E-state index in [1.54, 1.807) is 0 Å². The van der Waals surface area contributed by atoms with Crippen molar-refractivity contribution in [3.05, 3.63) is 12.2 Å². The summed E-state index contributed by atoms with van der Waals surface area (Å²) in [4.78, 5) is 21.9. The maximum absolute atomic E-state index is 11.7. The number of nitrogens with one attached hydrogen (secondary N) is 2. The van der Waals surface area contributed by atoms with Crippen LogP contribution in [0.15, 0.2) is 12.2 Å². The van der Waals surface area contributed by atoms with Crippen molar-refractivity contribution in [3.63, 3.8) is 0 Å². The molecule has 0 bridgehead atoms.